The third-order valence-electron chi connectivity index (χ3n) is 3.69. The molecule has 0 spiro atoms. The lowest BCUT2D eigenvalue weighted by Gasteiger charge is -2.16. The summed E-state index contributed by atoms with van der Waals surface area (Å²) in [6, 6.07) is 12.7. The van der Waals surface area contributed by atoms with Crippen molar-refractivity contribution in [2.45, 2.75) is 23.5 Å². The summed E-state index contributed by atoms with van der Waals surface area (Å²) in [4.78, 5) is -0.106. The number of rotatable bonds is 6. The second kappa shape index (κ2) is 7.90. The SMILES string of the molecule is O=S(=O)(NC(Cc1ccccc1)c1nnc(C(F)(F)F)o1)c1ccc(Cl)cc1. The topological polar surface area (TPSA) is 85.1 Å². The van der Waals surface area contributed by atoms with E-state index in [1.807, 2.05) is 0 Å². The molecule has 0 aliphatic heterocycles. The van der Waals surface area contributed by atoms with Crippen LogP contribution in [0.25, 0.3) is 0 Å². The fraction of sp³-hybridized carbons (Fsp3) is 0.176. The van der Waals surface area contributed by atoms with Crippen molar-refractivity contribution in [2.75, 3.05) is 0 Å². The minimum Gasteiger partial charge on any atom is -0.416 e. The number of hydrogen-bond acceptors (Lipinski definition) is 5. The van der Waals surface area contributed by atoms with Crippen LogP contribution in [-0.2, 0) is 22.6 Å². The highest BCUT2D eigenvalue weighted by Crippen LogP contribution is 2.30. The van der Waals surface area contributed by atoms with Crippen molar-refractivity contribution in [1.29, 1.82) is 0 Å². The Morgan fingerprint density at radius 2 is 1.68 bits per heavy atom. The van der Waals surface area contributed by atoms with Crippen LogP contribution in [0.4, 0.5) is 13.2 Å². The van der Waals surface area contributed by atoms with Gasteiger partial charge in [0.25, 0.3) is 0 Å². The molecular weight excluding hydrogens is 419 g/mol. The minimum atomic E-state index is -4.84. The minimum absolute atomic E-state index is 0.00709. The van der Waals surface area contributed by atoms with Gasteiger partial charge < -0.3 is 4.42 Å². The molecule has 11 heteroatoms. The van der Waals surface area contributed by atoms with E-state index in [0.29, 0.717) is 10.6 Å². The largest absolute Gasteiger partial charge is 0.470 e. The third-order valence-corrected chi connectivity index (χ3v) is 5.42. The molecule has 148 valence electrons. The molecule has 0 bridgehead atoms. The Hall–Kier alpha value is -2.43. The van der Waals surface area contributed by atoms with Crippen molar-refractivity contribution in [3.63, 3.8) is 0 Å². The first-order chi connectivity index (χ1) is 13.1. The Kier molecular flexibility index (Phi) is 5.73. The molecule has 1 heterocycles. The highest BCUT2D eigenvalue weighted by Gasteiger charge is 2.39. The fourth-order valence-electron chi connectivity index (χ4n) is 2.39. The molecule has 0 aliphatic carbocycles. The molecule has 0 aliphatic rings. The summed E-state index contributed by atoms with van der Waals surface area (Å²) >= 11 is 5.76. The average Bonchev–Trinajstić information content (AvgIpc) is 3.13. The second-order valence-corrected chi connectivity index (χ2v) is 7.91. The van der Waals surface area contributed by atoms with E-state index >= 15 is 0 Å². The van der Waals surface area contributed by atoms with Crippen LogP contribution in [-0.4, -0.2) is 18.6 Å². The number of aromatic nitrogens is 2. The van der Waals surface area contributed by atoms with Gasteiger partial charge in [-0.05, 0) is 36.2 Å². The third kappa shape index (κ3) is 4.89. The number of alkyl halides is 3. The number of benzene rings is 2. The predicted octanol–water partition coefficient (Wildman–Crippen LogP) is 4.00. The van der Waals surface area contributed by atoms with Gasteiger partial charge in [-0.2, -0.15) is 17.9 Å². The number of nitrogens with one attached hydrogen (secondary N) is 1. The standard InChI is InChI=1S/C17H13ClF3N3O3S/c18-12-6-8-13(9-7-12)28(25,26)24-14(10-11-4-2-1-3-5-11)15-22-23-16(27-15)17(19,20)21/h1-9,14,24H,10H2. The highest BCUT2D eigenvalue weighted by atomic mass is 35.5. The first kappa shape index (κ1) is 20.3. The number of hydrogen-bond donors (Lipinski definition) is 1. The van der Waals surface area contributed by atoms with E-state index in [1.54, 1.807) is 30.3 Å². The molecule has 1 atom stereocenters. The van der Waals surface area contributed by atoms with Gasteiger partial charge in [-0.3, -0.25) is 0 Å². The maximum Gasteiger partial charge on any atom is 0.470 e. The quantitative estimate of drug-likeness (QED) is 0.637. The molecule has 0 amide bonds. The van der Waals surface area contributed by atoms with E-state index in [-0.39, 0.29) is 11.3 Å². The summed E-state index contributed by atoms with van der Waals surface area (Å²) in [6.07, 6.45) is -4.83. The van der Waals surface area contributed by atoms with Gasteiger partial charge in [0.05, 0.1) is 4.90 Å². The van der Waals surface area contributed by atoms with E-state index in [0.717, 1.165) is 0 Å². The lowest BCUT2D eigenvalue weighted by molar-refractivity contribution is -0.157. The molecule has 1 N–H and O–H groups in total. The highest BCUT2D eigenvalue weighted by molar-refractivity contribution is 7.89. The first-order valence-electron chi connectivity index (χ1n) is 7.87. The van der Waals surface area contributed by atoms with Crippen LogP contribution >= 0.6 is 11.6 Å². The Bertz CT molecular complexity index is 1040. The van der Waals surface area contributed by atoms with Gasteiger partial charge in [-0.25, -0.2) is 8.42 Å². The van der Waals surface area contributed by atoms with E-state index in [2.05, 4.69) is 19.3 Å². The van der Waals surface area contributed by atoms with Crippen molar-refractivity contribution >= 4 is 21.6 Å². The summed E-state index contributed by atoms with van der Waals surface area (Å²) in [5.74, 6) is -2.04. The zero-order valence-electron chi connectivity index (χ0n) is 14.0. The molecule has 3 rings (SSSR count). The van der Waals surface area contributed by atoms with Crippen LogP contribution in [0, 0.1) is 0 Å². The molecular formula is C17H13ClF3N3O3S. The van der Waals surface area contributed by atoms with Crippen molar-refractivity contribution in [1.82, 2.24) is 14.9 Å². The molecule has 0 saturated carbocycles. The summed E-state index contributed by atoms with van der Waals surface area (Å²) in [5.41, 5.74) is 0.665. The van der Waals surface area contributed by atoms with Crippen molar-refractivity contribution in [3.8, 4) is 0 Å². The zero-order valence-corrected chi connectivity index (χ0v) is 15.6. The van der Waals surface area contributed by atoms with Crippen molar-refractivity contribution < 1.29 is 26.0 Å². The molecule has 1 aromatic heterocycles. The van der Waals surface area contributed by atoms with E-state index < -0.39 is 34.0 Å². The summed E-state index contributed by atoms with van der Waals surface area (Å²) < 4.78 is 70.7. The van der Waals surface area contributed by atoms with Gasteiger partial charge >= 0.3 is 12.1 Å². The zero-order chi connectivity index (χ0) is 20.4. The van der Waals surface area contributed by atoms with Crippen LogP contribution in [0.3, 0.4) is 0 Å². The summed E-state index contributed by atoms with van der Waals surface area (Å²) in [5, 5.41) is 6.70. The molecule has 6 nitrogen and oxygen atoms in total. The van der Waals surface area contributed by atoms with Crippen molar-refractivity contribution in [3.05, 3.63) is 77.0 Å². The van der Waals surface area contributed by atoms with E-state index in [4.69, 9.17) is 11.6 Å². The predicted molar refractivity (Wildman–Crippen MR) is 94.0 cm³/mol. The molecule has 3 aromatic rings. The second-order valence-electron chi connectivity index (χ2n) is 5.76. The van der Waals surface area contributed by atoms with Gasteiger partial charge in [-0.15, -0.1) is 10.2 Å². The normalized spacial score (nSPS) is 13.4. The number of sulfonamides is 1. The molecule has 0 fully saturated rings. The molecule has 0 radical (unpaired) electrons. The first-order valence-corrected chi connectivity index (χ1v) is 9.74. The lowest BCUT2D eigenvalue weighted by atomic mass is 10.1. The van der Waals surface area contributed by atoms with Gasteiger partial charge in [0.15, 0.2) is 0 Å². The van der Waals surface area contributed by atoms with Crippen molar-refractivity contribution in [2.24, 2.45) is 0 Å². The van der Waals surface area contributed by atoms with E-state index in [1.165, 1.54) is 24.3 Å². The van der Waals surface area contributed by atoms with Crippen LogP contribution < -0.4 is 4.72 Å². The average molecular weight is 432 g/mol. The van der Waals surface area contributed by atoms with Gasteiger partial charge in [0.2, 0.25) is 15.9 Å². The Morgan fingerprint density at radius 3 is 2.25 bits per heavy atom. The maximum atomic E-state index is 12.8. The van der Waals surface area contributed by atoms with Crippen LogP contribution in [0.5, 0.6) is 0 Å². The molecule has 1 unspecified atom stereocenters. The van der Waals surface area contributed by atoms with Crippen LogP contribution in [0.1, 0.15) is 23.4 Å². The Morgan fingerprint density at radius 1 is 1.04 bits per heavy atom. The molecule has 28 heavy (non-hydrogen) atoms. The monoisotopic (exact) mass is 431 g/mol. The summed E-state index contributed by atoms with van der Waals surface area (Å²) in [7, 11) is -4.09. The molecule has 2 aromatic carbocycles. The summed E-state index contributed by atoms with van der Waals surface area (Å²) in [6.45, 7) is 0. The van der Waals surface area contributed by atoms with Gasteiger partial charge in [0.1, 0.15) is 6.04 Å². The Labute approximate surface area is 163 Å². The number of nitrogens with zero attached hydrogens (tertiary/aromatic N) is 2. The van der Waals surface area contributed by atoms with Gasteiger partial charge in [-0.1, -0.05) is 41.9 Å². The molecule has 0 saturated heterocycles. The fourth-order valence-corrected chi connectivity index (χ4v) is 3.70. The number of halogens is 4. The van der Waals surface area contributed by atoms with E-state index in [9.17, 15) is 21.6 Å². The smallest absolute Gasteiger partial charge is 0.416 e. The Balaban J connectivity index is 1.94. The van der Waals surface area contributed by atoms with Gasteiger partial charge in [0, 0.05) is 5.02 Å². The van der Waals surface area contributed by atoms with Crippen LogP contribution in [0.2, 0.25) is 5.02 Å². The maximum absolute atomic E-state index is 12.8. The van der Waals surface area contributed by atoms with Crippen LogP contribution in [0.15, 0.2) is 63.9 Å². The lowest BCUT2D eigenvalue weighted by Crippen LogP contribution is -2.30.